The number of ether oxygens (including phenoxy) is 1. The first-order chi connectivity index (χ1) is 42.2. The predicted octanol–water partition coefficient (Wildman–Crippen LogP) is -4.20. The second-order valence-electron chi connectivity index (χ2n) is 22.2. The van der Waals surface area contributed by atoms with Crippen molar-refractivity contribution >= 4 is 82.8 Å². The number of benzene rings is 2. The van der Waals surface area contributed by atoms with Crippen LogP contribution in [-0.2, 0) is 75.1 Å². The van der Waals surface area contributed by atoms with Gasteiger partial charge in [0.2, 0.25) is 53.2 Å². The molecule has 0 saturated carbocycles. The van der Waals surface area contributed by atoms with Crippen LogP contribution in [-0.4, -0.2) is 222 Å². The molecule has 2 aromatic rings. The first kappa shape index (κ1) is 73.8. The minimum absolute atomic E-state index is 0.00405. The van der Waals surface area contributed by atoms with Crippen LogP contribution in [0.5, 0.6) is 0 Å². The molecule has 2 aliphatic heterocycles. The van der Waals surface area contributed by atoms with Crippen molar-refractivity contribution in [3.63, 3.8) is 0 Å². The average molecular weight is 1270 g/mol. The molecule has 0 aliphatic carbocycles. The monoisotopic (exact) mass is 1270 g/mol. The van der Waals surface area contributed by atoms with Crippen LogP contribution in [0.2, 0.25) is 0 Å². The Bertz CT molecular complexity index is 2730. The third-order valence-corrected chi connectivity index (χ3v) is 15.8. The Kier molecular flexibility index (Phi) is 31.0. The number of aliphatic hydroxyl groups excluding tert-OH is 4. The number of aliphatic carboxylic acids is 3. The second kappa shape index (κ2) is 37.4. The quantitative estimate of drug-likeness (QED) is 0.0223. The SMILES string of the molecule is CC(=O)NC(CSC1CC(=O)N(CCCCN[C@H]2C(O)O[C@H](CO)[C@@H](O)[C@@H]2O)C1=O)C(=O)NC(Cc1ccccc1)C(=O)NC(Cc1ccccc1)C(=O)NC(CCCC[NH3+])C(=O)NC(CC(=O)O)C(=O)NC(CCC(=O)O)C(=O)NC(CC(C)C)C(=O)O. The number of quaternary nitrogens is 1. The fraction of sp³-hybridized carbons (Fsp3) is 0.586. The molecule has 492 valence electrons. The van der Waals surface area contributed by atoms with E-state index in [0.717, 1.165) is 23.6 Å². The number of aliphatic hydroxyl groups is 4. The maximum absolute atomic E-state index is 14.7. The van der Waals surface area contributed by atoms with Gasteiger partial charge in [0.05, 0.1) is 30.9 Å². The summed E-state index contributed by atoms with van der Waals surface area (Å²) in [6, 6.07) is 4.74. The number of imide groups is 1. The molecule has 0 radical (unpaired) electrons. The number of carboxylic acids is 3. The molecule has 13 atom stereocenters. The Morgan fingerprint density at radius 1 is 0.629 bits per heavy atom. The summed E-state index contributed by atoms with van der Waals surface area (Å²) < 4.78 is 5.16. The van der Waals surface area contributed by atoms with Gasteiger partial charge in [-0.15, -0.1) is 11.8 Å². The summed E-state index contributed by atoms with van der Waals surface area (Å²) in [4.78, 5) is 161. The van der Waals surface area contributed by atoms with E-state index in [-0.39, 0.29) is 63.3 Å². The first-order valence-electron chi connectivity index (χ1n) is 29.4. The van der Waals surface area contributed by atoms with Crippen LogP contribution in [0.1, 0.15) is 96.1 Å². The van der Waals surface area contributed by atoms with Gasteiger partial charge in [0.15, 0.2) is 6.29 Å². The van der Waals surface area contributed by atoms with Gasteiger partial charge in [-0.05, 0) is 68.5 Å². The van der Waals surface area contributed by atoms with E-state index in [1.54, 1.807) is 74.5 Å². The summed E-state index contributed by atoms with van der Waals surface area (Å²) in [6.45, 7) is 4.48. The van der Waals surface area contributed by atoms with E-state index in [9.17, 15) is 93.3 Å². The number of carboxylic acid groups (broad SMARTS) is 3. The van der Waals surface area contributed by atoms with E-state index in [2.05, 4.69) is 48.3 Å². The maximum atomic E-state index is 14.7. The van der Waals surface area contributed by atoms with Gasteiger partial charge in [-0.25, -0.2) is 4.79 Å². The van der Waals surface area contributed by atoms with Crippen LogP contribution in [0, 0.1) is 5.92 Å². The number of carbonyl (C=O) groups excluding carboxylic acids is 9. The lowest BCUT2D eigenvalue weighted by atomic mass is 9.97. The van der Waals surface area contributed by atoms with Crippen molar-refractivity contribution in [3.05, 3.63) is 71.8 Å². The highest BCUT2D eigenvalue weighted by Gasteiger charge is 2.44. The van der Waals surface area contributed by atoms with Crippen molar-refractivity contribution in [2.75, 3.05) is 32.0 Å². The summed E-state index contributed by atoms with van der Waals surface area (Å²) in [5.41, 5.74) is 4.89. The van der Waals surface area contributed by atoms with Gasteiger partial charge < -0.3 is 88.8 Å². The molecule has 2 saturated heterocycles. The van der Waals surface area contributed by atoms with Gasteiger partial charge in [0.1, 0.15) is 60.6 Å². The van der Waals surface area contributed by atoms with Crippen molar-refractivity contribution in [3.8, 4) is 0 Å². The molecule has 2 aromatic carbocycles. The highest BCUT2D eigenvalue weighted by atomic mass is 32.2. The number of carbonyl (C=O) groups is 12. The number of hydrogen-bond acceptors (Lipinski definition) is 19. The predicted molar refractivity (Wildman–Crippen MR) is 316 cm³/mol. The number of unbranched alkanes of at least 4 members (excludes halogenated alkanes) is 2. The standard InChI is InChI=1S/C58H84N10O20S/c1-31(2)24-40(57(85)86)67-51(79)36(19-20-45(72)73)63-54(82)39(27-46(74)75)66-50(78)35(18-10-11-21-59)62-52(80)37(25-33-14-6-4-7-15-33)64-53(81)38(26-34-16-8-5-9-17-34)65-55(83)41(61-32(3)70)30-89-43-28-44(71)68(56(43)84)23-13-12-22-60-47-49(77)48(76)42(29-69)88-58(47)87/h4-9,14-17,31,35-43,47-49,58,60,69,76-77,87H,10-13,18-30,59H2,1-3H3,(H,61,70)(H,62,80)(H,63,82)(H,64,81)(H,65,83)(H,66,78)(H,67,79)(H,72,73)(H,74,75)(H,85,86)/p+1/t35?,36?,37?,38?,39?,40?,41?,42-,43?,47-,48-,49-,58?/m1/s1. The van der Waals surface area contributed by atoms with Crippen LogP contribution in [0.15, 0.2) is 60.7 Å². The largest absolute Gasteiger partial charge is 0.481 e. The lowest BCUT2D eigenvalue weighted by Gasteiger charge is -2.40. The minimum Gasteiger partial charge on any atom is -0.481 e. The van der Waals surface area contributed by atoms with Crippen molar-refractivity contribution in [1.29, 1.82) is 0 Å². The van der Waals surface area contributed by atoms with Gasteiger partial charge in [0.25, 0.3) is 0 Å². The topological polar surface area (TPSA) is 483 Å². The fourth-order valence-electron chi connectivity index (χ4n) is 9.80. The van der Waals surface area contributed by atoms with E-state index in [0.29, 0.717) is 36.9 Å². The number of thioether (sulfide) groups is 1. The molecule has 89 heavy (non-hydrogen) atoms. The van der Waals surface area contributed by atoms with Crippen LogP contribution in [0.4, 0.5) is 0 Å². The highest BCUT2D eigenvalue weighted by molar-refractivity contribution is 8.00. The van der Waals surface area contributed by atoms with Crippen molar-refractivity contribution in [2.24, 2.45) is 5.92 Å². The number of nitrogens with zero attached hydrogens (tertiary/aromatic N) is 1. The number of rotatable bonds is 39. The summed E-state index contributed by atoms with van der Waals surface area (Å²) in [5, 5.41) is 88.5. The summed E-state index contributed by atoms with van der Waals surface area (Å²) in [5.74, 6) is -12.7. The normalized spacial score (nSPS) is 20.6. The Hall–Kier alpha value is -7.65. The van der Waals surface area contributed by atoms with E-state index in [1.807, 2.05) is 0 Å². The highest BCUT2D eigenvalue weighted by Crippen LogP contribution is 2.27. The zero-order chi connectivity index (χ0) is 65.9. The molecule has 2 fully saturated rings. The number of hydrogen-bond donors (Lipinski definition) is 16. The molecule has 2 aliphatic rings. The zero-order valence-corrected chi connectivity index (χ0v) is 50.7. The summed E-state index contributed by atoms with van der Waals surface area (Å²) in [7, 11) is 0. The number of amides is 9. The van der Waals surface area contributed by atoms with E-state index < -0.39 is 175 Å². The van der Waals surface area contributed by atoms with Crippen LogP contribution in [0.3, 0.4) is 0 Å². The molecule has 18 N–H and O–H groups in total. The van der Waals surface area contributed by atoms with E-state index in [4.69, 9.17) is 4.74 Å². The summed E-state index contributed by atoms with van der Waals surface area (Å²) >= 11 is 0.926. The Morgan fingerprint density at radius 3 is 1.64 bits per heavy atom. The molecular formula is C58H85N10O20S+. The van der Waals surface area contributed by atoms with Gasteiger partial charge in [0, 0.05) is 44.9 Å². The average Bonchev–Trinajstić information content (AvgIpc) is 2.45. The molecule has 30 nitrogen and oxygen atoms in total. The lowest BCUT2D eigenvalue weighted by Crippen LogP contribution is -2.63. The Balaban J connectivity index is 1.53. The second-order valence-corrected chi connectivity index (χ2v) is 23.4. The molecule has 31 heteroatoms. The molecule has 0 bridgehead atoms. The van der Waals surface area contributed by atoms with Gasteiger partial charge in [-0.1, -0.05) is 74.5 Å². The smallest absolute Gasteiger partial charge is 0.326 e. The Morgan fingerprint density at radius 2 is 1.13 bits per heavy atom. The van der Waals surface area contributed by atoms with Crippen LogP contribution in [0.25, 0.3) is 0 Å². The van der Waals surface area contributed by atoms with Crippen LogP contribution >= 0.6 is 11.8 Å². The molecule has 0 aromatic heterocycles. The van der Waals surface area contributed by atoms with Crippen molar-refractivity contribution in [2.45, 2.75) is 176 Å². The third-order valence-electron chi connectivity index (χ3n) is 14.5. The van der Waals surface area contributed by atoms with Gasteiger partial charge >= 0.3 is 17.9 Å². The van der Waals surface area contributed by atoms with Gasteiger partial charge in [-0.2, -0.15) is 0 Å². The molecule has 2 heterocycles. The van der Waals surface area contributed by atoms with Gasteiger partial charge in [-0.3, -0.25) is 57.6 Å². The summed E-state index contributed by atoms with van der Waals surface area (Å²) in [6.07, 6.45) is -7.37. The van der Waals surface area contributed by atoms with Crippen molar-refractivity contribution < 1.29 is 104 Å². The number of nitrogens with one attached hydrogen (secondary N) is 8. The third kappa shape index (κ3) is 24.7. The fourth-order valence-corrected chi connectivity index (χ4v) is 11.0. The van der Waals surface area contributed by atoms with E-state index >= 15 is 0 Å². The molecule has 9 unspecified atom stereocenters. The van der Waals surface area contributed by atoms with Crippen LogP contribution < -0.4 is 48.3 Å². The molecule has 9 amide bonds. The molecule has 4 rings (SSSR count). The zero-order valence-electron chi connectivity index (χ0n) is 49.9. The first-order valence-corrected chi connectivity index (χ1v) is 30.4. The molecular weight excluding hydrogens is 1190 g/mol. The van der Waals surface area contributed by atoms with Crippen molar-refractivity contribution in [1.82, 2.24) is 47.4 Å². The van der Waals surface area contributed by atoms with E-state index in [1.165, 1.54) is 0 Å². The minimum atomic E-state index is -1.95. The Labute approximate surface area is 517 Å². The lowest BCUT2D eigenvalue weighted by molar-refractivity contribution is -0.368. The maximum Gasteiger partial charge on any atom is 0.326 e. The molecule has 0 spiro atoms. The number of likely N-dealkylation sites (tertiary alicyclic amines) is 1.